The number of hydrogen-bond acceptors (Lipinski definition) is 3. The van der Waals surface area contributed by atoms with Crippen molar-refractivity contribution in [2.45, 2.75) is 45.1 Å². The number of nitrogens with two attached hydrogens (primary N) is 1. The molecular weight excluding hydrogens is 188 g/mol. The fourth-order valence-corrected chi connectivity index (χ4v) is 2.10. The number of aromatic nitrogens is 3. The summed E-state index contributed by atoms with van der Waals surface area (Å²) in [5, 5.41) is 4.40. The Hall–Kier alpha value is -0.900. The lowest BCUT2D eigenvalue weighted by Gasteiger charge is -2.22. The van der Waals surface area contributed by atoms with Crippen LogP contribution in [0.15, 0.2) is 0 Å². The van der Waals surface area contributed by atoms with Crippen molar-refractivity contribution in [1.29, 1.82) is 0 Å². The highest BCUT2D eigenvalue weighted by Crippen LogP contribution is 2.42. The van der Waals surface area contributed by atoms with Crippen LogP contribution in [0.2, 0.25) is 0 Å². The number of hydrogen-bond donors (Lipinski definition) is 1. The van der Waals surface area contributed by atoms with E-state index in [4.69, 9.17) is 5.73 Å². The third-order valence-corrected chi connectivity index (χ3v) is 3.19. The molecule has 0 radical (unpaired) electrons. The Kier molecular flexibility index (Phi) is 2.54. The zero-order chi connectivity index (χ0) is 11.1. The van der Waals surface area contributed by atoms with E-state index in [-0.39, 0.29) is 5.54 Å². The maximum Gasteiger partial charge on any atom is 0.151 e. The first-order valence-corrected chi connectivity index (χ1v) is 5.75. The van der Waals surface area contributed by atoms with Gasteiger partial charge in [-0.2, -0.15) is 5.10 Å². The first-order chi connectivity index (χ1) is 7.05. The topological polar surface area (TPSA) is 56.7 Å². The number of nitrogens with zero attached hydrogens (tertiary/aromatic N) is 3. The average molecular weight is 208 g/mol. The van der Waals surface area contributed by atoms with Crippen molar-refractivity contribution < 1.29 is 0 Å². The summed E-state index contributed by atoms with van der Waals surface area (Å²) in [6, 6.07) is 0. The van der Waals surface area contributed by atoms with Gasteiger partial charge in [0.05, 0.1) is 5.54 Å². The standard InChI is InChI=1S/C11H20N4/c1-4-5-9-13-10(15(3)14-9)11(2,12)8-6-7-8/h8H,4-7,12H2,1-3H3. The molecule has 0 amide bonds. The molecule has 1 fully saturated rings. The van der Waals surface area contributed by atoms with Gasteiger partial charge in [-0.15, -0.1) is 0 Å². The minimum atomic E-state index is -0.298. The fraction of sp³-hybridized carbons (Fsp3) is 0.818. The van der Waals surface area contributed by atoms with Crippen LogP contribution >= 0.6 is 0 Å². The van der Waals surface area contributed by atoms with Gasteiger partial charge in [-0.25, -0.2) is 4.98 Å². The molecule has 0 aliphatic heterocycles. The van der Waals surface area contributed by atoms with E-state index in [1.165, 1.54) is 12.8 Å². The third kappa shape index (κ3) is 1.91. The van der Waals surface area contributed by atoms with Gasteiger partial charge in [-0.05, 0) is 32.1 Å². The zero-order valence-electron chi connectivity index (χ0n) is 9.82. The molecule has 1 aromatic rings. The second-order valence-electron chi connectivity index (χ2n) is 4.78. The predicted octanol–water partition coefficient (Wildman–Crippen LogP) is 1.35. The van der Waals surface area contributed by atoms with Gasteiger partial charge in [0.25, 0.3) is 0 Å². The smallest absolute Gasteiger partial charge is 0.151 e. The molecule has 0 bridgehead atoms. The Morgan fingerprint density at radius 1 is 1.53 bits per heavy atom. The third-order valence-electron chi connectivity index (χ3n) is 3.19. The molecule has 1 aromatic heterocycles. The Balaban J connectivity index is 2.26. The van der Waals surface area contributed by atoms with Crippen molar-refractivity contribution in [3.05, 3.63) is 11.6 Å². The Morgan fingerprint density at radius 2 is 2.20 bits per heavy atom. The van der Waals surface area contributed by atoms with Crippen LogP contribution in [0.25, 0.3) is 0 Å². The molecule has 1 heterocycles. The number of aryl methyl sites for hydroxylation is 2. The molecule has 4 heteroatoms. The molecule has 84 valence electrons. The summed E-state index contributed by atoms with van der Waals surface area (Å²) in [5.74, 6) is 2.45. The quantitative estimate of drug-likeness (QED) is 0.812. The largest absolute Gasteiger partial charge is 0.319 e. The van der Waals surface area contributed by atoms with Crippen LogP contribution in [-0.4, -0.2) is 14.8 Å². The van der Waals surface area contributed by atoms with E-state index in [0.717, 1.165) is 24.5 Å². The lowest BCUT2D eigenvalue weighted by atomic mass is 9.96. The summed E-state index contributed by atoms with van der Waals surface area (Å²) in [7, 11) is 1.94. The SMILES string of the molecule is CCCc1nc(C(C)(N)C2CC2)n(C)n1. The van der Waals surface area contributed by atoms with Crippen LogP contribution in [-0.2, 0) is 19.0 Å². The molecule has 2 rings (SSSR count). The summed E-state index contributed by atoms with van der Waals surface area (Å²) in [4.78, 5) is 4.56. The van der Waals surface area contributed by atoms with Crippen molar-refractivity contribution in [3.8, 4) is 0 Å². The van der Waals surface area contributed by atoms with Gasteiger partial charge < -0.3 is 5.73 Å². The van der Waals surface area contributed by atoms with Crippen LogP contribution in [0, 0.1) is 5.92 Å². The van der Waals surface area contributed by atoms with E-state index in [2.05, 4.69) is 23.9 Å². The molecule has 0 spiro atoms. The molecule has 1 aliphatic carbocycles. The zero-order valence-corrected chi connectivity index (χ0v) is 9.82. The van der Waals surface area contributed by atoms with Gasteiger partial charge >= 0.3 is 0 Å². The van der Waals surface area contributed by atoms with Gasteiger partial charge in [0.1, 0.15) is 5.82 Å². The van der Waals surface area contributed by atoms with E-state index in [9.17, 15) is 0 Å². The van der Waals surface area contributed by atoms with Crippen LogP contribution in [0.4, 0.5) is 0 Å². The normalized spacial score (nSPS) is 20.3. The van der Waals surface area contributed by atoms with Crippen LogP contribution in [0.3, 0.4) is 0 Å². The summed E-state index contributed by atoms with van der Waals surface area (Å²) >= 11 is 0. The Labute approximate surface area is 90.9 Å². The molecule has 4 nitrogen and oxygen atoms in total. The van der Waals surface area contributed by atoms with Crippen molar-refractivity contribution >= 4 is 0 Å². The summed E-state index contributed by atoms with van der Waals surface area (Å²) in [6.45, 7) is 4.21. The first-order valence-electron chi connectivity index (χ1n) is 5.75. The van der Waals surface area contributed by atoms with Gasteiger partial charge in [-0.3, -0.25) is 4.68 Å². The van der Waals surface area contributed by atoms with Crippen molar-refractivity contribution in [2.24, 2.45) is 18.7 Å². The van der Waals surface area contributed by atoms with Crippen LogP contribution in [0.1, 0.15) is 44.8 Å². The highest BCUT2D eigenvalue weighted by Gasteiger charge is 2.42. The van der Waals surface area contributed by atoms with Crippen molar-refractivity contribution in [3.63, 3.8) is 0 Å². The average Bonchev–Trinajstić information content (AvgIpc) is 2.93. The van der Waals surface area contributed by atoms with Gasteiger partial charge in [0, 0.05) is 13.5 Å². The minimum Gasteiger partial charge on any atom is -0.319 e. The number of rotatable bonds is 4. The maximum atomic E-state index is 6.33. The van der Waals surface area contributed by atoms with Crippen LogP contribution in [0.5, 0.6) is 0 Å². The minimum absolute atomic E-state index is 0.298. The maximum absolute atomic E-state index is 6.33. The lowest BCUT2D eigenvalue weighted by Crippen LogP contribution is -2.38. The molecule has 15 heavy (non-hydrogen) atoms. The summed E-state index contributed by atoms with van der Waals surface area (Å²) < 4.78 is 1.85. The highest BCUT2D eigenvalue weighted by molar-refractivity contribution is 5.11. The molecule has 0 aromatic carbocycles. The van der Waals surface area contributed by atoms with E-state index in [1.807, 2.05) is 11.7 Å². The van der Waals surface area contributed by atoms with Crippen molar-refractivity contribution in [1.82, 2.24) is 14.8 Å². The fourth-order valence-electron chi connectivity index (χ4n) is 2.10. The molecule has 1 aliphatic rings. The first kappa shape index (κ1) is 10.6. The molecule has 0 saturated heterocycles. The monoisotopic (exact) mass is 208 g/mol. The Morgan fingerprint density at radius 3 is 2.73 bits per heavy atom. The van der Waals surface area contributed by atoms with E-state index in [0.29, 0.717) is 5.92 Å². The molecular formula is C11H20N4. The van der Waals surface area contributed by atoms with E-state index in [1.54, 1.807) is 0 Å². The molecule has 2 N–H and O–H groups in total. The summed E-state index contributed by atoms with van der Waals surface area (Å²) in [5.41, 5.74) is 6.03. The highest BCUT2D eigenvalue weighted by atomic mass is 15.3. The lowest BCUT2D eigenvalue weighted by molar-refractivity contribution is 0.382. The molecule has 1 unspecified atom stereocenters. The van der Waals surface area contributed by atoms with Gasteiger partial charge in [0.2, 0.25) is 0 Å². The second-order valence-corrected chi connectivity index (χ2v) is 4.78. The predicted molar refractivity (Wildman–Crippen MR) is 59.3 cm³/mol. The second kappa shape index (κ2) is 3.59. The molecule has 1 atom stereocenters. The summed E-state index contributed by atoms with van der Waals surface area (Å²) in [6.07, 6.45) is 4.47. The Bertz CT molecular complexity index is 349. The molecule has 1 saturated carbocycles. The van der Waals surface area contributed by atoms with Gasteiger partial charge in [0.15, 0.2) is 5.82 Å². The van der Waals surface area contributed by atoms with E-state index < -0.39 is 0 Å². The van der Waals surface area contributed by atoms with Crippen LogP contribution < -0.4 is 5.73 Å². The van der Waals surface area contributed by atoms with E-state index >= 15 is 0 Å². The van der Waals surface area contributed by atoms with Crippen molar-refractivity contribution in [2.75, 3.05) is 0 Å². The van der Waals surface area contributed by atoms with Gasteiger partial charge in [-0.1, -0.05) is 6.92 Å².